The molecule has 1 aliphatic carbocycles. The van der Waals surface area contributed by atoms with E-state index in [0.29, 0.717) is 30.2 Å². The van der Waals surface area contributed by atoms with Crippen LogP contribution in [0.25, 0.3) is 11.0 Å². The van der Waals surface area contributed by atoms with Gasteiger partial charge in [-0.1, -0.05) is 0 Å². The number of benzene rings is 1. The summed E-state index contributed by atoms with van der Waals surface area (Å²) in [6.07, 6.45) is 2.32. The molecule has 0 radical (unpaired) electrons. The van der Waals surface area contributed by atoms with Gasteiger partial charge in [0.05, 0.1) is 11.6 Å². The summed E-state index contributed by atoms with van der Waals surface area (Å²) >= 11 is 5.81. The fourth-order valence-corrected chi connectivity index (χ4v) is 3.11. The second-order valence-electron chi connectivity index (χ2n) is 5.27. The summed E-state index contributed by atoms with van der Waals surface area (Å²) in [5, 5.41) is 0. The van der Waals surface area contributed by atoms with E-state index < -0.39 is 11.6 Å². The predicted molar refractivity (Wildman–Crippen MR) is 77.8 cm³/mol. The van der Waals surface area contributed by atoms with Crippen LogP contribution < -0.4 is 0 Å². The molecule has 0 aliphatic heterocycles. The van der Waals surface area contributed by atoms with Gasteiger partial charge in [-0.2, -0.15) is 0 Å². The Kier molecular flexibility index (Phi) is 4.13. The highest BCUT2D eigenvalue weighted by molar-refractivity contribution is 6.17. The van der Waals surface area contributed by atoms with Crippen molar-refractivity contribution in [1.82, 2.24) is 9.55 Å². The lowest BCUT2D eigenvalue weighted by atomic mass is 9.88. The third-order valence-electron chi connectivity index (χ3n) is 3.97. The van der Waals surface area contributed by atoms with Gasteiger partial charge in [0.15, 0.2) is 11.6 Å². The van der Waals surface area contributed by atoms with E-state index in [2.05, 4.69) is 4.98 Å². The maximum Gasteiger partial charge on any atom is 0.184 e. The number of aryl methyl sites for hydroxylation is 1. The Morgan fingerprint density at radius 3 is 2.81 bits per heavy atom. The molecule has 1 aliphatic rings. The zero-order valence-corrected chi connectivity index (χ0v) is 12.5. The van der Waals surface area contributed by atoms with Crippen LogP contribution in [-0.2, 0) is 11.2 Å². The second-order valence-corrected chi connectivity index (χ2v) is 5.65. The Bertz CT molecular complexity index is 653. The quantitative estimate of drug-likeness (QED) is 0.784. The molecule has 0 atom stereocenters. The van der Waals surface area contributed by atoms with Crippen LogP contribution in [0.1, 0.15) is 31.6 Å². The number of hydrogen-bond donors (Lipinski definition) is 0. The molecule has 1 aromatic carbocycles. The average molecular weight is 315 g/mol. The Morgan fingerprint density at radius 2 is 2.14 bits per heavy atom. The minimum Gasteiger partial charge on any atom is -0.378 e. The van der Waals surface area contributed by atoms with Crippen LogP contribution in [0, 0.1) is 11.6 Å². The van der Waals surface area contributed by atoms with Crippen LogP contribution >= 0.6 is 11.6 Å². The summed E-state index contributed by atoms with van der Waals surface area (Å²) in [4.78, 5) is 4.41. The predicted octanol–water partition coefficient (Wildman–Crippen LogP) is 3.84. The molecule has 0 bridgehead atoms. The van der Waals surface area contributed by atoms with Gasteiger partial charge >= 0.3 is 0 Å². The Balaban J connectivity index is 2.02. The smallest absolute Gasteiger partial charge is 0.184 e. The van der Waals surface area contributed by atoms with Gasteiger partial charge in [0, 0.05) is 24.9 Å². The van der Waals surface area contributed by atoms with Crippen LogP contribution in [0.4, 0.5) is 8.78 Å². The molecule has 0 saturated heterocycles. The van der Waals surface area contributed by atoms with Gasteiger partial charge in [-0.05, 0) is 31.9 Å². The highest BCUT2D eigenvalue weighted by Gasteiger charge is 2.34. The molecule has 1 heterocycles. The van der Waals surface area contributed by atoms with Gasteiger partial charge in [-0.25, -0.2) is 13.8 Å². The van der Waals surface area contributed by atoms with Crippen LogP contribution in [0.5, 0.6) is 0 Å². The molecule has 114 valence electrons. The summed E-state index contributed by atoms with van der Waals surface area (Å²) in [7, 11) is 0. The lowest BCUT2D eigenvalue weighted by Crippen LogP contribution is -2.34. The van der Waals surface area contributed by atoms with E-state index in [9.17, 15) is 8.78 Å². The van der Waals surface area contributed by atoms with Crippen LogP contribution in [0.2, 0.25) is 0 Å². The van der Waals surface area contributed by atoms with Crippen molar-refractivity contribution in [2.75, 3.05) is 12.5 Å². The number of imidazole rings is 1. The number of aromatic nitrogens is 2. The largest absolute Gasteiger partial charge is 0.378 e. The zero-order valence-electron chi connectivity index (χ0n) is 11.8. The monoisotopic (exact) mass is 314 g/mol. The summed E-state index contributed by atoms with van der Waals surface area (Å²) in [5.41, 5.74) is 0.726. The summed E-state index contributed by atoms with van der Waals surface area (Å²) in [5.74, 6) is -0.568. The summed E-state index contributed by atoms with van der Waals surface area (Å²) < 4.78 is 35.1. The molecule has 0 N–H and O–H groups in total. The van der Waals surface area contributed by atoms with Gasteiger partial charge in [0.1, 0.15) is 11.3 Å². The molecule has 21 heavy (non-hydrogen) atoms. The highest BCUT2D eigenvalue weighted by atomic mass is 35.5. The van der Waals surface area contributed by atoms with Crippen molar-refractivity contribution >= 4 is 22.6 Å². The van der Waals surface area contributed by atoms with E-state index in [1.165, 1.54) is 6.07 Å². The van der Waals surface area contributed by atoms with E-state index >= 15 is 0 Å². The normalized spacial score (nSPS) is 21.7. The van der Waals surface area contributed by atoms with Gasteiger partial charge in [-0.3, -0.25) is 0 Å². The summed E-state index contributed by atoms with van der Waals surface area (Å²) in [6.45, 7) is 2.62. The van der Waals surface area contributed by atoms with Gasteiger partial charge in [-0.15, -0.1) is 11.6 Å². The molecule has 1 aromatic heterocycles. The van der Waals surface area contributed by atoms with Crippen LogP contribution in [-0.4, -0.2) is 28.1 Å². The van der Waals surface area contributed by atoms with Gasteiger partial charge in [0.25, 0.3) is 0 Å². The lowest BCUT2D eigenvalue weighted by Gasteiger charge is -2.37. The SMILES string of the molecule is CCOC1CC(n2c(CCCl)nc3ccc(F)c(F)c32)C1. The maximum absolute atomic E-state index is 14.2. The van der Waals surface area contributed by atoms with E-state index in [4.69, 9.17) is 16.3 Å². The van der Waals surface area contributed by atoms with E-state index in [1.54, 1.807) is 0 Å². The zero-order chi connectivity index (χ0) is 15.0. The number of fused-ring (bicyclic) bond motifs is 1. The Morgan fingerprint density at radius 1 is 1.38 bits per heavy atom. The van der Waals surface area contributed by atoms with Crippen molar-refractivity contribution in [2.45, 2.75) is 38.3 Å². The van der Waals surface area contributed by atoms with Crippen molar-refractivity contribution < 1.29 is 13.5 Å². The van der Waals surface area contributed by atoms with Crippen molar-refractivity contribution in [2.24, 2.45) is 0 Å². The molecule has 1 fully saturated rings. The molecular weight excluding hydrogens is 298 g/mol. The molecule has 1 saturated carbocycles. The number of halogens is 3. The topological polar surface area (TPSA) is 27.1 Å². The third-order valence-corrected chi connectivity index (χ3v) is 4.16. The summed E-state index contributed by atoms with van der Waals surface area (Å²) in [6, 6.07) is 2.73. The standard InChI is InChI=1S/C15H17ClF2N2O/c1-2-21-10-7-9(8-10)20-13(5-6-16)19-12-4-3-11(17)14(18)15(12)20/h3-4,9-10H,2,5-8H2,1H3. The number of nitrogens with zero attached hydrogens (tertiary/aromatic N) is 2. The van der Waals surface area contributed by atoms with Crippen molar-refractivity contribution in [3.63, 3.8) is 0 Å². The first-order valence-corrected chi connectivity index (χ1v) is 7.71. The second kappa shape index (κ2) is 5.89. The number of hydrogen-bond acceptors (Lipinski definition) is 2. The van der Waals surface area contributed by atoms with E-state index in [1.807, 2.05) is 11.5 Å². The molecule has 0 amide bonds. The fourth-order valence-electron chi connectivity index (χ4n) is 2.95. The first-order valence-electron chi connectivity index (χ1n) is 7.18. The van der Waals surface area contributed by atoms with Crippen molar-refractivity contribution in [3.8, 4) is 0 Å². The van der Waals surface area contributed by atoms with E-state index in [0.717, 1.165) is 18.9 Å². The molecule has 6 heteroatoms. The van der Waals surface area contributed by atoms with Crippen LogP contribution in [0.15, 0.2) is 12.1 Å². The lowest BCUT2D eigenvalue weighted by molar-refractivity contribution is -0.0194. The van der Waals surface area contributed by atoms with Gasteiger partial charge < -0.3 is 9.30 Å². The average Bonchev–Trinajstić information content (AvgIpc) is 2.77. The molecule has 3 rings (SSSR count). The maximum atomic E-state index is 14.2. The molecular formula is C15H17ClF2N2O. The fraction of sp³-hybridized carbons (Fsp3) is 0.533. The molecule has 2 aromatic rings. The molecule has 3 nitrogen and oxygen atoms in total. The number of ether oxygens (including phenoxy) is 1. The first-order chi connectivity index (χ1) is 10.2. The molecule has 0 unspecified atom stereocenters. The minimum absolute atomic E-state index is 0.0982. The Labute approximate surface area is 126 Å². The molecule has 0 spiro atoms. The van der Waals surface area contributed by atoms with Crippen molar-refractivity contribution in [1.29, 1.82) is 0 Å². The Hall–Kier alpha value is -1.20. The minimum atomic E-state index is -0.846. The third kappa shape index (κ3) is 2.53. The highest BCUT2D eigenvalue weighted by Crippen LogP contribution is 2.38. The van der Waals surface area contributed by atoms with Crippen molar-refractivity contribution in [3.05, 3.63) is 29.6 Å². The number of alkyl halides is 1. The van der Waals surface area contributed by atoms with Gasteiger partial charge in [0.2, 0.25) is 0 Å². The van der Waals surface area contributed by atoms with E-state index in [-0.39, 0.29) is 17.7 Å². The first kappa shape index (κ1) is 14.7. The number of rotatable bonds is 5. The van der Waals surface area contributed by atoms with Crippen LogP contribution in [0.3, 0.4) is 0 Å².